The maximum Gasteiger partial charge on any atom is 0.304 e. The lowest BCUT2D eigenvalue weighted by atomic mass is 9.83. The van der Waals surface area contributed by atoms with Crippen molar-refractivity contribution in [1.29, 1.82) is 0 Å². The summed E-state index contributed by atoms with van der Waals surface area (Å²) in [6.45, 7) is 0. The molecule has 5 rings (SSSR count). The van der Waals surface area contributed by atoms with Gasteiger partial charge in [-0.05, 0) is 47.2 Å². The monoisotopic (exact) mass is 420 g/mol. The average Bonchev–Trinajstić information content (AvgIpc) is 2.77. The second kappa shape index (κ2) is 7.89. The highest BCUT2D eigenvalue weighted by Crippen LogP contribution is 2.38. The minimum absolute atomic E-state index is 0.129. The Kier molecular flexibility index (Phi) is 5.09. The van der Waals surface area contributed by atoms with Gasteiger partial charge in [0, 0.05) is 23.4 Å². The molecule has 1 aromatic heterocycles. The lowest BCUT2D eigenvalue weighted by Gasteiger charge is -2.28. The first kappa shape index (κ1) is 19.3. The van der Waals surface area contributed by atoms with E-state index in [0.29, 0.717) is 17.3 Å². The number of benzene rings is 2. The van der Waals surface area contributed by atoms with Gasteiger partial charge in [0.2, 0.25) is 0 Å². The molecule has 2 aromatic carbocycles. The first-order chi connectivity index (χ1) is 14.6. The van der Waals surface area contributed by atoms with Gasteiger partial charge in [0.1, 0.15) is 5.15 Å². The van der Waals surface area contributed by atoms with Crippen LogP contribution in [0.15, 0.2) is 53.7 Å². The van der Waals surface area contributed by atoms with Gasteiger partial charge < -0.3 is 5.11 Å². The van der Waals surface area contributed by atoms with Crippen LogP contribution in [-0.2, 0) is 6.42 Å². The molecule has 0 bridgehead atoms. The summed E-state index contributed by atoms with van der Waals surface area (Å²) < 4.78 is 1.02. The fourth-order valence-corrected chi connectivity index (χ4v) is 4.89. The van der Waals surface area contributed by atoms with Crippen LogP contribution in [0.4, 0.5) is 5.69 Å². The van der Waals surface area contributed by atoms with Crippen molar-refractivity contribution in [2.75, 3.05) is 0 Å². The average molecular weight is 421 g/mol. The Labute approximate surface area is 180 Å². The summed E-state index contributed by atoms with van der Waals surface area (Å²) in [5, 5.41) is 13.0. The second-order valence-electron chi connectivity index (χ2n) is 8.21. The summed E-state index contributed by atoms with van der Waals surface area (Å²) in [6.07, 6.45) is 6.81. The minimum atomic E-state index is -0.570. The van der Waals surface area contributed by atoms with Crippen LogP contribution >= 0.6 is 11.6 Å². The molecule has 3 atom stereocenters. The number of aliphatic imine (C=N–C) groups is 1. The molecule has 1 aliphatic heterocycles. The zero-order chi connectivity index (χ0) is 20.7. The fourth-order valence-electron chi connectivity index (χ4n) is 4.78. The Morgan fingerprint density at radius 3 is 2.67 bits per heavy atom. The third-order valence-electron chi connectivity index (χ3n) is 6.33. The standard InChI is InChI=1S/C24H23ClN3O2/c25-23-10-9-15(13-26-23)11-16-12-21-20(18-6-2-1-5-17(16)18)14-27-24(28(21)30)19-7-3-4-8-22(19)29/h1-2,5-6,9-10,12-14,19,22,24,29H,3-4,7-8,11H2/q+1. The fraction of sp³-hybridized carbons (Fsp3) is 0.333. The van der Waals surface area contributed by atoms with Crippen molar-refractivity contribution in [3.63, 3.8) is 0 Å². The Morgan fingerprint density at radius 2 is 1.90 bits per heavy atom. The summed E-state index contributed by atoms with van der Waals surface area (Å²) >= 11 is 5.93. The van der Waals surface area contributed by atoms with E-state index in [-0.39, 0.29) is 5.92 Å². The summed E-state index contributed by atoms with van der Waals surface area (Å²) in [6, 6.07) is 13.8. The molecule has 1 fully saturated rings. The number of hydrogen-bond donors (Lipinski definition) is 1. The van der Waals surface area contributed by atoms with E-state index in [9.17, 15) is 10.0 Å². The van der Waals surface area contributed by atoms with Crippen LogP contribution < -0.4 is 0 Å². The molecular formula is C24H23ClN3O2+. The van der Waals surface area contributed by atoms with Crippen molar-refractivity contribution in [2.45, 2.75) is 44.4 Å². The SMILES string of the molecule is O=[N+]1c2cc(Cc3ccc(Cl)nc3)c3ccccc3c2C=NC1C1CCCCC1O. The van der Waals surface area contributed by atoms with Gasteiger partial charge in [0.05, 0.1) is 22.3 Å². The van der Waals surface area contributed by atoms with E-state index in [4.69, 9.17) is 11.6 Å². The first-order valence-electron chi connectivity index (χ1n) is 10.4. The van der Waals surface area contributed by atoms with E-state index in [0.717, 1.165) is 57.9 Å². The second-order valence-corrected chi connectivity index (χ2v) is 8.60. The predicted molar refractivity (Wildman–Crippen MR) is 119 cm³/mol. The van der Waals surface area contributed by atoms with Crippen molar-refractivity contribution >= 4 is 34.3 Å². The molecule has 3 aromatic rings. The maximum absolute atomic E-state index is 13.4. The normalized spacial score (nSPS) is 23.5. The van der Waals surface area contributed by atoms with Crippen molar-refractivity contribution < 1.29 is 9.87 Å². The molecular weight excluding hydrogens is 398 g/mol. The van der Waals surface area contributed by atoms with Gasteiger partial charge >= 0.3 is 6.17 Å². The van der Waals surface area contributed by atoms with Crippen molar-refractivity contribution in [3.05, 3.63) is 75.4 Å². The van der Waals surface area contributed by atoms with Crippen LogP contribution in [0.3, 0.4) is 0 Å². The zero-order valence-electron chi connectivity index (χ0n) is 16.5. The third-order valence-corrected chi connectivity index (χ3v) is 6.56. The Morgan fingerprint density at radius 1 is 1.10 bits per heavy atom. The van der Waals surface area contributed by atoms with E-state index in [2.05, 4.69) is 16.0 Å². The van der Waals surface area contributed by atoms with Gasteiger partial charge in [-0.1, -0.05) is 54.8 Å². The molecule has 0 spiro atoms. The molecule has 5 nitrogen and oxygen atoms in total. The number of aliphatic hydroxyl groups is 1. The molecule has 0 radical (unpaired) electrons. The molecule has 30 heavy (non-hydrogen) atoms. The summed E-state index contributed by atoms with van der Waals surface area (Å²) in [5.41, 5.74) is 3.57. The summed E-state index contributed by atoms with van der Waals surface area (Å²) in [5.74, 6) is -0.129. The molecule has 2 heterocycles. The number of aliphatic hydroxyl groups excluding tert-OH is 1. The van der Waals surface area contributed by atoms with Crippen LogP contribution in [0.1, 0.15) is 42.4 Å². The molecule has 3 unspecified atom stereocenters. The van der Waals surface area contributed by atoms with Crippen LogP contribution in [0.2, 0.25) is 5.15 Å². The Bertz CT molecular complexity index is 1140. The zero-order valence-corrected chi connectivity index (χ0v) is 17.3. The van der Waals surface area contributed by atoms with E-state index >= 15 is 0 Å². The van der Waals surface area contributed by atoms with Gasteiger partial charge in [-0.2, -0.15) is 0 Å². The van der Waals surface area contributed by atoms with Gasteiger partial charge in [0.25, 0.3) is 5.69 Å². The summed E-state index contributed by atoms with van der Waals surface area (Å²) in [4.78, 5) is 22.2. The molecule has 2 aliphatic rings. The van der Waals surface area contributed by atoms with E-state index in [1.54, 1.807) is 12.3 Å². The molecule has 152 valence electrons. The van der Waals surface area contributed by atoms with Crippen molar-refractivity contribution in [1.82, 2.24) is 4.98 Å². The predicted octanol–water partition coefficient (Wildman–Crippen LogP) is 5.20. The largest absolute Gasteiger partial charge is 0.392 e. The van der Waals surface area contributed by atoms with Crippen LogP contribution in [0, 0.1) is 10.8 Å². The highest BCUT2D eigenvalue weighted by molar-refractivity contribution is 6.29. The van der Waals surface area contributed by atoms with Crippen molar-refractivity contribution in [3.8, 4) is 0 Å². The number of nitroso groups, excluding NO2 is 1. The van der Waals surface area contributed by atoms with E-state index < -0.39 is 12.3 Å². The lowest BCUT2D eigenvalue weighted by molar-refractivity contribution is -0.519. The van der Waals surface area contributed by atoms with Crippen LogP contribution in [-0.4, -0.2) is 33.3 Å². The molecule has 1 N–H and O–H groups in total. The van der Waals surface area contributed by atoms with E-state index in [1.165, 1.54) is 0 Å². The molecule has 1 aliphatic carbocycles. The molecule has 0 saturated heterocycles. The minimum Gasteiger partial charge on any atom is -0.392 e. The Balaban J connectivity index is 1.59. The highest BCUT2D eigenvalue weighted by Gasteiger charge is 2.44. The van der Waals surface area contributed by atoms with Crippen LogP contribution in [0.5, 0.6) is 0 Å². The number of nitrogens with zero attached hydrogens (tertiary/aromatic N) is 3. The lowest BCUT2D eigenvalue weighted by Crippen LogP contribution is -2.39. The number of rotatable bonds is 3. The molecule has 1 saturated carbocycles. The topological polar surface area (TPSA) is 65.6 Å². The number of fused-ring (bicyclic) bond motifs is 3. The van der Waals surface area contributed by atoms with Gasteiger partial charge in [-0.25, -0.2) is 9.98 Å². The number of halogens is 1. The Hall–Kier alpha value is -2.63. The van der Waals surface area contributed by atoms with Gasteiger partial charge in [-0.3, -0.25) is 0 Å². The van der Waals surface area contributed by atoms with Gasteiger partial charge in [-0.15, -0.1) is 0 Å². The third kappa shape index (κ3) is 3.42. The summed E-state index contributed by atoms with van der Waals surface area (Å²) in [7, 11) is 0. The van der Waals surface area contributed by atoms with Crippen LogP contribution in [0.25, 0.3) is 10.8 Å². The molecule has 6 heteroatoms. The number of hydrogen-bond acceptors (Lipinski definition) is 4. The first-order valence-corrected chi connectivity index (χ1v) is 10.8. The van der Waals surface area contributed by atoms with Gasteiger partial charge in [0.15, 0.2) is 0 Å². The molecule has 0 amide bonds. The van der Waals surface area contributed by atoms with E-state index in [1.807, 2.05) is 36.5 Å². The van der Waals surface area contributed by atoms with Crippen molar-refractivity contribution in [2.24, 2.45) is 10.9 Å². The maximum atomic E-state index is 13.4. The number of pyridine rings is 1. The number of aromatic nitrogens is 1. The smallest absolute Gasteiger partial charge is 0.304 e. The highest BCUT2D eigenvalue weighted by atomic mass is 35.5. The quantitative estimate of drug-likeness (QED) is 0.468.